The fourth-order valence-corrected chi connectivity index (χ4v) is 4.76. The summed E-state index contributed by atoms with van der Waals surface area (Å²) in [6.45, 7) is 11.8. The smallest absolute Gasteiger partial charge is 0.0573 e. The third kappa shape index (κ3) is 2.98. The van der Waals surface area contributed by atoms with Gasteiger partial charge >= 0.3 is 0 Å². The Bertz CT molecular complexity index is 346. The molecule has 0 heterocycles. The highest BCUT2D eigenvalue weighted by Gasteiger charge is 2.51. The lowest BCUT2D eigenvalue weighted by atomic mass is 9.62. The minimum absolute atomic E-state index is 0.0375. The summed E-state index contributed by atoms with van der Waals surface area (Å²) in [4.78, 5) is 0. The fourth-order valence-electron chi connectivity index (χ4n) is 4.76. The van der Waals surface area contributed by atoms with Crippen LogP contribution in [0.4, 0.5) is 0 Å². The van der Waals surface area contributed by atoms with Crippen LogP contribution in [0, 0.1) is 35.0 Å². The Morgan fingerprint density at radius 3 is 2.40 bits per heavy atom. The molecule has 0 aromatic rings. The molecule has 1 heteroatoms. The van der Waals surface area contributed by atoms with Crippen molar-refractivity contribution in [2.24, 2.45) is 35.0 Å². The first-order valence-electron chi connectivity index (χ1n) is 8.72. The van der Waals surface area contributed by atoms with Crippen molar-refractivity contribution >= 4 is 0 Å². The van der Waals surface area contributed by atoms with E-state index in [1.54, 1.807) is 0 Å². The van der Waals surface area contributed by atoms with Gasteiger partial charge in [0.05, 0.1) is 6.10 Å². The molecule has 6 atom stereocenters. The third-order valence-electron chi connectivity index (χ3n) is 6.57. The molecule has 0 saturated heterocycles. The van der Waals surface area contributed by atoms with E-state index in [1.165, 1.54) is 25.7 Å². The van der Waals surface area contributed by atoms with Crippen molar-refractivity contribution in [3.05, 3.63) is 12.2 Å². The molecule has 2 saturated carbocycles. The van der Waals surface area contributed by atoms with Crippen molar-refractivity contribution in [3.8, 4) is 0 Å². The number of rotatable bonds is 4. The van der Waals surface area contributed by atoms with Crippen LogP contribution < -0.4 is 0 Å². The molecular weight excluding hydrogens is 244 g/mol. The van der Waals surface area contributed by atoms with Crippen LogP contribution in [0.15, 0.2) is 12.2 Å². The van der Waals surface area contributed by atoms with E-state index in [0.29, 0.717) is 23.2 Å². The Hall–Kier alpha value is -0.300. The molecule has 0 aromatic heterocycles. The average molecular weight is 278 g/mol. The van der Waals surface area contributed by atoms with Gasteiger partial charge in [0.15, 0.2) is 0 Å². The summed E-state index contributed by atoms with van der Waals surface area (Å²) in [7, 11) is 0. The van der Waals surface area contributed by atoms with E-state index in [1.807, 2.05) is 0 Å². The number of aliphatic hydroxyl groups is 1. The van der Waals surface area contributed by atoms with E-state index in [0.717, 1.165) is 18.3 Å². The molecule has 1 unspecified atom stereocenters. The Morgan fingerprint density at radius 1 is 1.05 bits per heavy atom. The summed E-state index contributed by atoms with van der Waals surface area (Å²) in [5.41, 5.74) is 0.377. The molecule has 2 aliphatic carbocycles. The molecule has 0 aliphatic heterocycles. The van der Waals surface area contributed by atoms with Gasteiger partial charge in [0.2, 0.25) is 0 Å². The zero-order valence-electron chi connectivity index (χ0n) is 14.1. The minimum Gasteiger partial charge on any atom is -0.393 e. The van der Waals surface area contributed by atoms with E-state index in [2.05, 4.69) is 46.8 Å². The van der Waals surface area contributed by atoms with Gasteiger partial charge in [-0.25, -0.2) is 0 Å². The third-order valence-corrected chi connectivity index (χ3v) is 6.57. The molecule has 1 nitrogen and oxygen atoms in total. The number of fused-ring (bicyclic) bond motifs is 1. The first-order chi connectivity index (χ1) is 9.36. The van der Waals surface area contributed by atoms with Crippen LogP contribution in [-0.4, -0.2) is 11.2 Å². The monoisotopic (exact) mass is 278 g/mol. The molecule has 116 valence electrons. The number of allylic oxidation sites excluding steroid dienone is 2. The van der Waals surface area contributed by atoms with Crippen molar-refractivity contribution < 1.29 is 5.11 Å². The predicted molar refractivity (Wildman–Crippen MR) is 86.5 cm³/mol. The summed E-state index contributed by atoms with van der Waals surface area (Å²) in [6, 6.07) is 0. The zero-order valence-corrected chi connectivity index (χ0v) is 14.1. The summed E-state index contributed by atoms with van der Waals surface area (Å²) < 4.78 is 0. The van der Waals surface area contributed by atoms with Crippen LogP contribution in [0.2, 0.25) is 0 Å². The molecule has 0 amide bonds. The van der Waals surface area contributed by atoms with Crippen LogP contribution in [0.1, 0.15) is 66.7 Å². The van der Waals surface area contributed by atoms with E-state index in [4.69, 9.17) is 0 Å². The van der Waals surface area contributed by atoms with E-state index >= 15 is 0 Å². The largest absolute Gasteiger partial charge is 0.393 e. The molecule has 0 radical (unpaired) electrons. The highest BCUT2D eigenvalue weighted by molar-refractivity contribution is 5.05. The highest BCUT2D eigenvalue weighted by atomic mass is 16.3. The summed E-state index contributed by atoms with van der Waals surface area (Å²) in [6.07, 6.45) is 10.9. The second-order valence-corrected chi connectivity index (χ2v) is 8.10. The lowest BCUT2D eigenvalue weighted by molar-refractivity contribution is -0.0231. The Kier molecular flexibility index (Phi) is 5.00. The second kappa shape index (κ2) is 6.22. The SMILES string of the molecule is CC(C)[C@@H](C)/C=C/[C@@H](C)C1CC[C@H]2[C@@H](O)CCC[C@]12C. The minimum atomic E-state index is -0.0375. The van der Waals surface area contributed by atoms with Gasteiger partial charge in [0.25, 0.3) is 0 Å². The van der Waals surface area contributed by atoms with Gasteiger partial charge in [-0.3, -0.25) is 0 Å². The number of hydrogen-bond donors (Lipinski definition) is 1. The van der Waals surface area contributed by atoms with E-state index < -0.39 is 0 Å². The maximum Gasteiger partial charge on any atom is 0.0573 e. The molecule has 0 aromatic carbocycles. The van der Waals surface area contributed by atoms with Gasteiger partial charge in [-0.1, -0.05) is 53.2 Å². The van der Waals surface area contributed by atoms with Gasteiger partial charge in [-0.2, -0.15) is 0 Å². The topological polar surface area (TPSA) is 20.2 Å². The van der Waals surface area contributed by atoms with E-state index in [-0.39, 0.29) is 6.10 Å². The van der Waals surface area contributed by atoms with Crippen molar-refractivity contribution in [2.45, 2.75) is 72.8 Å². The molecule has 0 spiro atoms. The maximum absolute atomic E-state index is 10.3. The summed E-state index contributed by atoms with van der Waals surface area (Å²) in [5.74, 6) is 3.36. The highest BCUT2D eigenvalue weighted by Crippen LogP contribution is 2.57. The second-order valence-electron chi connectivity index (χ2n) is 8.10. The Labute approximate surface area is 125 Å². The molecular formula is C19H34O. The molecule has 1 N–H and O–H groups in total. The Morgan fingerprint density at radius 2 is 1.75 bits per heavy atom. The van der Waals surface area contributed by atoms with Gasteiger partial charge in [-0.05, 0) is 60.7 Å². The van der Waals surface area contributed by atoms with Crippen LogP contribution >= 0.6 is 0 Å². The molecule has 2 aliphatic rings. The number of aliphatic hydroxyl groups excluding tert-OH is 1. The predicted octanol–water partition coefficient (Wildman–Crippen LogP) is 5.05. The standard InChI is InChI=1S/C19H34O/c1-13(2)14(3)8-9-15(4)16-10-11-17-18(20)7-6-12-19(16,17)5/h8-9,13-18,20H,6-7,10-12H2,1-5H3/b9-8+/t14-,15+,16?,17-,18-,19+/m0/s1. The van der Waals surface area contributed by atoms with Gasteiger partial charge in [-0.15, -0.1) is 0 Å². The van der Waals surface area contributed by atoms with Crippen molar-refractivity contribution in [2.75, 3.05) is 0 Å². The average Bonchev–Trinajstić information content (AvgIpc) is 2.74. The zero-order chi connectivity index (χ0) is 14.9. The molecule has 0 bridgehead atoms. The fraction of sp³-hybridized carbons (Fsp3) is 0.895. The molecule has 2 fully saturated rings. The van der Waals surface area contributed by atoms with Crippen LogP contribution in [-0.2, 0) is 0 Å². The van der Waals surface area contributed by atoms with Crippen molar-refractivity contribution in [1.82, 2.24) is 0 Å². The quantitative estimate of drug-likeness (QED) is 0.714. The van der Waals surface area contributed by atoms with Gasteiger partial charge in [0, 0.05) is 0 Å². The maximum atomic E-state index is 10.3. The van der Waals surface area contributed by atoms with Gasteiger partial charge in [0.1, 0.15) is 0 Å². The summed E-state index contributed by atoms with van der Waals surface area (Å²) in [5, 5.41) is 10.3. The Balaban J connectivity index is 2.05. The van der Waals surface area contributed by atoms with Gasteiger partial charge < -0.3 is 5.11 Å². The molecule has 20 heavy (non-hydrogen) atoms. The van der Waals surface area contributed by atoms with Crippen LogP contribution in [0.5, 0.6) is 0 Å². The van der Waals surface area contributed by atoms with Crippen LogP contribution in [0.25, 0.3) is 0 Å². The van der Waals surface area contributed by atoms with Crippen LogP contribution in [0.3, 0.4) is 0 Å². The van der Waals surface area contributed by atoms with Crippen molar-refractivity contribution in [3.63, 3.8) is 0 Å². The van der Waals surface area contributed by atoms with E-state index in [9.17, 15) is 5.11 Å². The lowest BCUT2D eigenvalue weighted by Crippen LogP contribution is -2.41. The summed E-state index contributed by atoms with van der Waals surface area (Å²) >= 11 is 0. The molecule has 2 rings (SSSR count). The first kappa shape index (κ1) is 16.1. The first-order valence-corrected chi connectivity index (χ1v) is 8.72. The number of hydrogen-bond acceptors (Lipinski definition) is 1. The van der Waals surface area contributed by atoms with Crippen molar-refractivity contribution in [1.29, 1.82) is 0 Å². The normalized spacial score (nSPS) is 41.0. The lowest BCUT2D eigenvalue weighted by Gasteiger charge is -2.44.